The summed E-state index contributed by atoms with van der Waals surface area (Å²) in [6.07, 6.45) is 0. The largest absolute Gasteiger partial charge is 0.468 e. The van der Waals surface area contributed by atoms with Crippen LogP contribution >= 0.6 is 11.3 Å². The summed E-state index contributed by atoms with van der Waals surface area (Å²) in [6.45, 7) is 3.49. The fraction of sp³-hybridized carbons (Fsp3) is 0.600. The predicted octanol–water partition coefficient (Wildman–Crippen LogP) is 0.760. The highest BCUT2D eigenvalue weighted by atomic mass is 32.2. The molecule has 0 aliphatic heterocycles. The van der Waals surface area contributed by atoms with Gasteiger partial charge in [-0.3, -0.25) is 4.79 Å². The van der Waals surface area contributed by atoms with Crippen molar-refractivity contribution in [2.45, 2.75) is 25.6 Å². The number of hydrogen-bond acceptors (Lipinski definition) is 6. The van der Waals surface area contributed by atoms with E-state index >= 15 is 0 Å². The standard InChI is InChI=1S/C10H16N2O4S2/c1-7(2)9(10(13)16-3)12-18(14,15)5-8-4-17-6-11-8/h4,6-7,9,12H,5H2,1-3H3/t9-/m0/s1. The summed E-state index contributed by atoms with van der Waals surface area (Å²) in [5.41, 5.74) is 2.02. The van der Waals surface area contributed by atoms with Crippen LogP contribution in [0, 0.1) is 5.92 Å². The van der Waals surface area contributed by atoms with Gasteiger partial charge in [0.1, 0.15) is 11.8 Å². The zero-order chi connectivity index (χ0) is 13.8. The molecule has 1 rings (SSSR count). The average Bonchev–Trinajstić information content (AvgIpc) is 2.76. The van der Waals surface area contributed by atoms with Crippen molar-refractivity contribution in [3.05, 3.63) is 16.6 Å². The van der Waals surface area contributed by atoms with Gasteiger partial charge in [-0.2, -0.15) is 0 Å². The highest BCUT2D eigenvalue weighted by Gasteiger charge is 2.28. The minimum Gasteiger partial charge on any atom is -0.468 e. The van der Waals surface area contributed by atoms with E-state index < -0.39 is 22.0 Å². The minimum absolute atomic E-state index is 0.192. The van der Waals surface area contributed by atoms with Gasteiger partial charge in [0, 0.05) is 5.38 Å². The zero-order valence-corrected chi connectivity index (χ0v) is 12.0. The molecule has 1 aromatic rings. The van der Waals surface area contributed by atoms with E-state index in [1.54, 1.807) is 24.7 Å². The van der Waals surface area contributed by atoms with Gasteiger partial charge in [-0.25, -0.2) is 18.1 Å². The molecule has 1 N–H and O–H groups in total. The van der Waals surface area contributed by atoms with E-state index in [9.17, 15) is 13.2 Å². The number of hydrogen-bond donors (Lipinski definition) is 1. The Morgan fingerprint density at radius 3 is 2.67 bits per heavy atom. The van der Waals surface area contributed by atoms with Crippen molar-refractivity contribution >= 4 is 27.3 Å². The van der Waals surface area contributed by atoms with Gasteiger partial charge in [0.25, 0.3) is 0 Å². The molecule has 0 unspecified atom stereocenters. The molecular weight excluding hydrogens is 276 g/mol. The number of carbonyl (C=O) groups excluding carboxylic acids is 1. The Bertz CT molecular complexity index is 482. The highest BCUT2D eigenvalue weighted by molar-refractivity contribution is 7.88. The van der Waals surface area contributed by atoms with Gasteiger partial charge in [0.2, 0.25) is 10.0 Å². The van der Waals surface area contributed by atoms with Gasteiger partial charge >= 0.3 is 5.97 Å². The molecule has 0 bridgehead atoms. The minimum atomic E-state index is -3.61. The van der Waals surface area contributed by atoms with Crippen LogP contribution in [0.3, 0.4) is 0 Å². The molecule has 18 heavy (non-hydrogen) atoms. The third kappa shape index (κ3) is 4.35. The van der Waals surface area contributed by atoms with E-state index in [-0.39, 0.29) is 11.7 Å². The third-order valence-corrected chi connectivity index (χ3v) is 4.17. The molecule has 0 radical (unpaired) electrons. The van der Waals surface area contributed by atoms with Crippen LogP contribution < -0.4 is 4.72 Å². The predicted molar refractivity (Wildman–Crippen MR) is 68.5 cm³/mol. The number of esters is 1. The lowest BCUT2D eigenvalue weighted by atomic mass is 10.1. The van der Waals surface area contributed by atoms with Crippen molar-refractivity contribution in [1.29, 1.82) is 0 Å². The van der Waals surface area contributed by atoms with Gasteiger partial charge in [-0.15, -0.1) is 11.3 Å². The third-order valence-electron chi connectivity index (χ3n) is 2.25. The second-order valence-corrected chi connectivity index (χ2v) is 6.57. The SMILES string of the molecule is COC(=O)[C@@H](NS(=O)(=O)Cc1cscn1)C(C)C. The van der Waals surface area contributed by atoms with Crippen LogP contribution in [0.2, 0.25) is 0 Å². The molecule has 0 amide bonds. The Balaban J connectivity index is 2.76. The maximum atomic E-state index is 11.9. The molecule has 8 heteroatoms. The number of carbonyl (C=O) groups is 1. The first-order valence-electron chi connectivity index (χ1n) is 5.30. The van der Waals surface area contributed by atoms with E-state index in [0.717, 1.165) is 0 Å². The number of aromatic nitrogens is 1. The zero-order valence-electron chi connectivity index (χ0n) is 10.4. The van der Waals surface area contributed by atoms with Gasteiger partial charge < -0.3 is 4.74 Å². The summed E-state index contributed by atoms with van der Waals surface area (Å²) in [7, 11) is -2.38. The first-order chi connectivity index (χ1) is 8.35. The van der Waals surface area contributed by atoms with Crippen LogP contribution in [0.5, 0.6) is 0 Å². The van der Waals surface area contributed by atoms with Crippen molar-refractivity contribution in [3.63, 3.8) is 0 Å². The number of nitrogens with zero attached hydrogens (tertiary/aromatic N) is 1. The highest BCUT2D eigenvalue weighted by Crippen LogP contribution is 2.09. The van der Waals surface area contributed by atoms with Crippen LogP contribution in [0.4, 0.5) is 0 Å². The van der Waals surface area contributed by atoms with Crippen LogP contribution in [-0.4, -0.2) is 32.5 Å². The molecule has 0 spiro atoms. The monoisotopic (exact) mass is 292 g/mol. The van der Waals surface area contributed by atoms with Crippen molar-refractivity contribution in [3.8, 4) is 0 Å². The van der Waals surface area contributed by atoms with Gasteiger partial charge in [-0.05, 0) is 5.92 Å². The van der Waals surface area contributed by atoms with Gasteiger partial charge in [0.15, 0.2) is 0 Å². The Hall–Kier alpha value is -0.990. The van der Waals surface area contributed by atoms with E-state index in [0.29, 0.717) is 5.69 Å². The number of methoxy groups -OCH3 is 1. The van der Waals surface area contributed by atoms with Crippen LogP contribution in [0.15, 0.2) is 10.9 Å². The maximum Gasteiger partial charge on any atom is 0.324 e. The first kappa shape index (κ1) is 15.1. The van der Waals surface area contributed by atoms with E-state index in [4.69, 9.17) is 0 Å². The Kier molecular flexibility index (Phi) is 5.24. The second-order valence-electron chi connectivity index (χ2n) is 4.10. The van der Waals surface area contributed by atoms with Crippen molar-refractivity contribution < 1.29 is 17.9 Å². The lowest BCUT2D eigenvalue weighted by Gasteiger charge is -2.19. The van der Waals surface area contributed by atoms with E-state index in [2.05, 4.69) is 14.4 Å². The second kappa shape index (κ2) is 6.26. The number of ether oxygens (including phenoxy) is 1. The summed E-state index contributed by atoms with van der Waals surface area (Å²) in [6, 6.07) is -0.876. The van der Waals surface area contributed by atoms with E-state index in [1.165, 1.54) is 18.4 Å². The van der Waals surface area contributed by atoms with Crippen LogP contribution in [-0.2, 0) is 25.3 Å². The molecule has 102 valence electrons. The van der Waals surface area contributed by atoms with Crippen molar-refractivity contribution in [2.24, 2.45) is 5.92 Å². The maximum absolute atomic E-state index is 11.9. The molecule has 1 heterocycles. The molecule has 6 nitrogen and oxygen atoms in total. The van der Waals surface area contributed by atoms with Crippen LogP contribution in [0.25, 0.3) is 0 Å². The van der Waals surface area contributed by atoms with Crippen LogP contribution in [0.1, 0.15) is 19.5 Å². The summed E-state index contributed by atoms with van der Waals surface area (Å²) in [5, 5.41) is 1.65. The average molecular weight is 292 g/mol. The Morgan fingerprint density at radius 2 is 2.22 bits per heavy atom. The molecule has 0 saturated heterocycles. The Labute approximate surface area is 110 Å². The number of rotatable bonds is 6. The summed E-state index contributed by atoms with van der Waals surface area (Å²) in [4.78, 5) is 15.4. The first-order valence-corrected chi connectivity index (χ1v) is 7.90. The number of nitrogens with one attached hydrogen (secondary N) is 1. The molecule has 0 saturated carbocycles. The lowest BCUT2D eigenvalue weighted by Crippen LogP contribution is -2.45. The Morgan fingerprint density at radius 1 is 1.56 bits per heavy atom. The molecule has 0 aromatic carbocycles. The van der Waals surface area contributed by atoms with Gasteiger partial charge in [-0.1, -0.05) is 13.8 Å². The van der Waals surface area contributed by atoms with Gasteiger partial charge in [0.05, 0.1) is 18.3 Å². The topological polar surface area (TPSA) is 85.4 Å². The molecular formula is C10H16N2O4S2. The summed E-state index contributed by atoms with van der Waals surface area (Å²) < 4.78 is 30.7. The van der Waals surface area contributed by atoms with Crippen molar-refractivity contribution in [2.75, 3.05) is 7.11 Å². The molecule has 0 aliphatic carbocycles. The smallest absolute Gasteiger partial charge is 0.324 e. The van der Waals surface area contributed by atoms with Crippen molar-refractivity contribution in [1.82, 2.24) is 9.71 Å². The number of sulfonamides is 1. The number of thiazole rings is 1. The molecule has 1 atom stereocenters. The normalized spacial score (nSPS) is 13.6. The summed E-state index contributed by atoms with van der Waals surface area (Å²) >= 11 is 1.32. The molecule has 0 aliphatic rings. The fourth-order valence-corrected chi connectivity index (χ4v) is 3.37. The lowest BCUT2D eigenvalue weighted by molar-refractivity contribution is -0.143. The quantitative estimate of drug-likeness (QED) is 0.782. The molecule has 0 fully saturated rings. The fourth-order valence-electron chi connectivity index (χ4n) is 1.32. The summed E-state index contributed by atoms with van der Waals surface area (Å²) in [5.74, 6) is -1.02. The molecule has 1 aromatic heterocycles. The van der Waals surface area contributed by atoms with E-state index in [1.807, 2.05) is 0 Å².